The fourth-order valence-electron chi connectivity index (χ4n) is 2.34. The first kappa shape index (κ1) is 14.3. The van der Waals surface area contributed by atoms with Crippen LogP contribution in [0, 0.1) is 6.92 Å². The molecule has 1 unspecified atom stereocenters. The minimum atomic E-state index is 0.193. The van der Waals surface area contributed by atoms with Crippen LogP contribution in [0.15, 0.2) is 35.1 Å². The largest absolute Gasteiger partial charge is 0.309 e. The van der Waals surface area contributed by atoms with E-state index in [0.717, 1.165) is 17.4 Å². The van der Waals surface area contributed by atoms with Gasteiger partial charge in [0.25, 0.3) is 0 Å². The molecule has 0 radical (unpaired) electrons. The first-order chi connectivity index (χ1) is 9.15. The number of aromatic nitrogens is 2. The topological polar surface area (TPSA) is 29.9 Å². The molecule has 1 aromatic heterocycles. The fraction of sp³-hybridized carbons (Fsp3) is 0.400. The van der Waals surface area contributed by atoms with Gasteiger partial charge in [0.1, 0.15) is 0 Å². The maximum Gasteiger partial charge on any atom is 0.0608 e. The zero-order valence-electron chi connectivity index (χ0n) is 11.7. The normalized spacial score (nSPS) is 12.6. The van der Waals surface area contributed by atoms with Crippen molar-refractivity contribution in [3.05, 3.63) is 51.8 Å². The predicted molar refractivity (Wildman–Crippen MR) is 82.3 cm³/mol. The van der Waals surface area contributed by atoms with Gasteiger partial charge >= 0.3 is 0 Å². The van der Waals surface area contributed by atoms with Gasteiger partial charge in [0.05, 0.1) is 12.2 Å². The summed E-state index contributed by atoms with van der Waals surface area (Å²) >= 11 is 3.51. The lowest BCUT2D eigenvalue weighted by atomic mass is 9.97. The molecule has 0 spiro atoms. The molecule has 2 rings (SSSR count). The molecule has 102 valence electrons. The predicted octanol–water partition coefficient (Wildman–Crippen LogP) is 3.67. The molecule has 4 heteroatoms. The third kappa shape index (κ3) is 3.25. The number of rotatable bonds is 5. The van der Waals surface area contributed by atoms with E-state index in [1.807, 2.05) is 17.9 Å². The highest BCUT2D eigenvalue weighted by Gasteiger charge is 2.16. The summed E-state index contributed by atoms with van der Waals surface area (Å²) in [5.41, 5.74) is 3.78. The van der Waals surface area contributed by atoms with Crippen molar-refractivity contribution in [1.82, 2.24) is 15.1 Å². The molecule has 1 N–H and O–H groups in total. The Kier molecular flexibility index (Phi) is 4.77. The van der Waals surface area contributed by atoms with Crippen LogP contribution < -0.4 is 5.32 Å². The molecule has 1 heterocycles. The van der Waals surface area contributed by atoms with E-state index in [9.17, 15) is 0 Å². The standard InChI is InChI=1S/C15H20BrN3/c1-4-7-19-10-12(9-18-19)15(17-3)14-6-5-13(16)8-11(14)2/h5-6,8-10,15,17H,4,7H2,1-3H3. The van der Waals surface area contributed by atoms with Gasteiger partial charge in [-0.25, -0.2) is 0 Å². The number of halogens is 1. The quantitative estimate of drug-likeness (QED) is 0.910. The second kappa shape index (κ2) is 6.35. The van der Waals surface area contributed by atoms with Crippen LogP contribution in [0.2, 0.25) is 0 Å². The summed E-state index contributed by atoms with van der Waals surface area (Å²) in [6.45, 7) is 5.27. The zero-order chi connectivity index (χ0) is 13.8. The van der Waals surface area contributed by atoms with Crippen LogP contribution in [0.1, 0.15) is 36.1 Å². The van der Waals surface area contributed by atoms with Crippen LogP contribution >= 0.6 is 15.9 Å². The van der Waals surface area contributed by atoms with E-state index >= 15 is 0 Å². The summed E-state index contributed by atoms with van der Waals surface area (Å²) in [6.07, 6.45) is 5.19. The molecule has 1 atom stereocenters. The molecule has 0 saturated carbocycles. The molecule has 1 aromatic carbocycles. The van der Waals surface area contributed by atoms with Crippen LogP contribution in [0.5, 0.6) is 0 Å². The van der Waals surface area contributed by atoms with Crippen molar-refractivity contribution >= 4 is 15.9 Å². The first-order valence-corrected chi connectivity index (χ1v) is 7.40. The van der Waals surface area contributed by atoms with Gasteiger partial charge in [0, 0.05) is 22.8 Å². The molecule has 0 aliphatic heterocycles. The molecule has 0 bridgehead atoms. The number of benzene rings is 1. The van der Waals surface area contributed by atoms with Gasteiger partial charge in [0.2, 0.25) is 0 Å². The summed E-state index contributed by atoms with van der Waals surface area (Å²) in [7, 11) is 1.99. The first-order valence-electron chi connectivity index (χ1n) is 6.61. The van der Waals surface area contributed by atoms with Crippen molar-refractivity contribution in [2.45, 2.75) is 32.9 Å². The van der Waals surface area contributed by atoms with Crippen molar-refractivity contribution in [3.63, 3.8) is 0 Å². The van der Waals surface area contributed by atoms with Crippen LogP contribution in [0.25, 0.3) is 0 Å². The Labute approximate surface area is 123 Å². The summed E-state index contributed by atoms with van der Waals surface area (Å²) in [4.78, 5) is 0. The van der Waals surface area contributed by atoms with Crippen LogP contribution in [0.3, 0.4) is 0 Å². The van der Waals surface area contributed by atoms with E-state index in [4.69, 9.17) is 0 Å². The van der Waals surface area contributed by atoms with Gasteiger partial charge in [0.15, 0.2) is 0 Å². The van der Waals surface area contributed by atoms with E-state index in [0.29, 0.717) is 0 Å². The van der Waals surface area contributed by atoms with Crippen LogP contribution in [-0.4, -0.2) is 16.8 Å². The lowest BCUT2D eigenvalue weighted by Crippen LogP contribution is -2.18. The second-order valence-electron chi connectivity index (χ2n) is 4.76. The molecular formula is C15H20BrN3. The molecule has 0 fully saturated rings. The number of aryl methyl sites for hydroxylation is 2. The van der Waals surface area contributed by atoms with Crippen molar-refractivity contribution in [2.75, 3.05) is 7.05 Å². The Morgan fingerprint density at radius 1 is 1.42 bits per heavy atom. The number of hydrogen-bond donors (Lipinski definition) is 1. The van der Waals surface area contributed by atoms with Gasteiger partial charge in [-0.05, 0) is 43.7 Å². The second-order valence-corrected chi connectivity index (χ2v) is 5.68. The van der Waals surface area contributed by atoms with Crippen LogP contribution in [-0.2, 0) is 6.54 Å². The highest BCUT2D eigenvalue weighted by atomic mass is 79.9. The SMILES string of the molecule is CCCn1cc(C(NC)c2ccc(Br)cc2C)cn1. The number of nitrogens with one attached hydrogen (secondary N) is 1. The monoisotopic (exact) mass is 321 g/mol. The van der Waals surface area contributed by atoms with E-state index < -0.39 is 0 Å². The third-order valence-corrected chi connectivity index (χ3v) is 3.76. The Morgan fingerprint density at radius 2 is 2.21 bits per heavy atom. The van der Waals surface area contributed by atoms with Crippen LogP contribution in [0.4, 0.5) is 0 Å². The fourth-order valence-corrected chi connectivity index (χ4v) is 2.82. The Bertz CT molecular complexity index is 548. The van der Waals surface area contributed by atoms with Gasteiger partial charge in [-0.3, -0.25) is 4.68 Å². The molecule has 19 heavy (non-hydrogen) atoms. The van der Waals surface area contributed by atoms with Crippen molar-refractivity contribution in [2.24, 2.45) is 0 Å². The highest BCUT2D eigenvalue weighted by molar-refractivity contribution is 9.10. The summed E-state index contributed by atoms with van der Waals surface area (Å²) in [6, 6.07) is 6.59. The molecule has 2 aromatic rings. The maximum atomic E-state index is 4.41. The van der Waals surface area contributed by atoms with Gasteiger partial charge in [-0.2, -0.15) is 5.10 Å². The minimum Gasteiger partial charge on any atom is -0.309 e. The third-order valence-electron chi connectivity index (χ3n) is 3.27. The summed E-state index contributed by atoms with van der Waals surface area (Å²) < 4.78 is 3.12. The molecule has 0 saturated heterocycles. The maximum absolute atomic E-state index is 4.41. The average Bonchev–Trinajstić information content (AvgIpc) is 2.82. The van der Waals surface area contributed by atoms with Crippen molar-refractivity contribution in [1.29, 1.82) is 0 Å². The molecule has 0 aliphatic carbocycles. The summed E-state index contributed by atoms with van der Waals surface area (Å²) in [5, 5.41) is 7.80. The van der Waals surface area contributed by atoms with E-state index in [-0.39, 0.29) is 6.04 Å². The number of hydrogen-bond acceptors (Lipinski definition) is 2. The molecule has 3 nitrogen and oxygen atoms in total. The Morgan fingerprint density at radius 3 is 2.84 bits per heavy atom. The molecular weight excluding hydrogens is 302 g/mol. The van der Waals surface area contributed by atoms with Gasteiger partial charge in [-0.1, -0.05) is 28.9 Å². The lowest BCUT2D eigenvalue weighted by molar-refractivity contribution is 0.600. The Hall–Kier alpha value is -1.13. The molecule has 0 aliphatic rings. The summed E-state index contributed by atoms with van der Waals surface area (Å²) in [5.74, 6) is 0. The minimum absolute atomic E-state index is 0.193. The van der Waals surface area contributed by atoms with Gasteiger partial charge < -0.3 is 5.32 Å². The lowest BCUT2D eigenvalue weighted by Gasteiger charge is -2.17. The van der Waals surface area contributed by atoms with Crippen molar-refractivity contribution < 1.29 is 0 Å². The van der Waals surface area contributed by atoms with E-state index in [1.54, 1.807) is 0 Å². The Balaban J connectivity index is 2.32. The van der Waals surface area contributed by atoms with E-state index in [1.165, 1.54) is 16.7 Å². The van der Waals surface area contributed by atoms with Gasteiger partial charge in [-0.15, -0.1) is 0 Å². The van der Waals surface area contributed by atoms with E-state index in [2.05, 4.69) is 64.6 Å². The van der Waals surface area contributed by atoms with Crippen molar-refractivity contribution in [3.8, 4) is 0 Å². The highest BCUT2D eigenvalue weighted by Crippen LogP contribution is 2.26. The molecule has 0 amide bonds. The smallest absolute Gasteiger partial charge is 0.0608 e. The zero-order valence-corrected chi connectivity index (χ0v) is 13.2. The number of nitrogens with zero attached hydrogens (tertiary/aromatic N) is 2. The average molecular weight is 322 g/mol.